The minimum Gasteiger partial charge on any atom is -0.496 e. The zero-order valence-electron chi connectivity index (χ0n) is 15.5. The summed E-state index contributed by atoms with van der Waals surface area (Å²) in [5.74, 6) is -0.355. The predicted octanol–water partition coefficient (Wildman–Crippen LogP) is 1.14. The highest BCUT2D eigenvalue weighted by Gasteiger charge is 2.25. The van der Waals surface area contributed by atoms with E-state index in [0.717, 1.165) is 42.2 Å². The molecule has 1 aromatic rings. The van der Waals surface area contributed by atoms with Gasteiger partial charge in [-0.15, -0.1) is 5.10 Å². The summed E-state index contributed by atoms with van der Waals surface area (Å²) in [6.07, 6.45) is 2.66. The number of carbonyl (C=O) groups is 2. The van der Waals surface area contributed by atoms with E-state index < -0.39 is 11.9 Å². The molecule has 0 aliphatic carbocycles. The number of nitrogens with one attached hydrogen (secondary N) is 1. The molecule has 1 aromatic carbocycles. The summed E-state index contributed by atoms with van der Waals surface area (Å²) >= 11 is 1.01. The van der Waals surface area contributed by atoms with Crippen molar-refractivity contribution < 1.29 is 23.8 Å². The molecule has 0 aromatic heterocycles. The van der Waals surface area contributed by atoms with E-state index in [1.54, 1.807) is 13.3 Å². The smallest absolute Gasteiger partial charge is 0.331 e. The highest BCUT2D eigenvalue weighted by Crippen LogP contribution is 2.26. The Morgan fingerprint density at radius 1 is 1.32 bits per heavy atom. The summed E-state index contributed by atoms with van der Waals surface area (Å²) in [6.45, 7) is 3.09. The normalized spacial score (nSPS) is 20.1. The zero-order valence-corrected chi connectivity index (χ0v) is 16.3. The van der Waals surface area contributed by atoms with Gasteiger partial charge in [0.1, 0.15) is 5.75 Å². The molecule has 2 saturated heterocycles. The predicted molar refractivity (Wildman–Crippen MR) is 107 cm³/mol. The molecule has 0 spiro atoms. The van der Waals surface area contributed by atoms with Crippen LogP contribution in [0.3, 0.4) is 0 Å². The first-order valence-electron chi connectivity index (χ1n) is 8.51. The molecular formula is C18H20N4O5S. The molecule has 2 aliphatic rings. The Hall–Kier alpha value is -2.85. The van der Waals surface area contributed by atoms with Crippen molar-refractivity contribution in [3.63, 3.8) is 0 Å². The molecule has 2 fully saturated rings. The minimum atomic E-state index is -0.604. The second-order valence-electron chi connectivity index (χ2n) is 5.76. The van der Waals surface area contributed by atoms with E-state index in [0.29, 0.717) is 19.0 Å². The number of amides is 1. The molecule has 0 unspecified atom stereocenters. The summed E-state index contributed by atoms with van der Waals surface area (Å²) in [4.78, 5) is 25.5. The lowest BCUT2D eigenvalue weighted by Crippen LogP contribution is -2.36. The number of carbonyl (C=O) groups excluding carboxylic acids is 2. The number of hydrogen-bond donors (Lipinski definition) is 1. The van der Waals surface area contributed by atoms with Gasteiger partial charge in [0.05, 0.1) is 38.6 Å². The molecule has 0 radical (unpaired) electrons. The van der Waals surface area contributed by atoms with Crippen LogP contribution in [0.15, 0.2) is 39.4 Å². The van der Waals surface area contributed by atoms with E-state index in [-0.39, 0.29) is 10.1 Å². The number of rotatable bonds is 5. The Kier molecular flexibility index (Phi) is 6.66. The van der Waals surface area contributed by atoms with E-state index in [1.807, 2.05) is 18.2 Å². The number of esters is 1. The number of morpholine rings is 1. The first-order valence-corrected chi connectivity index (χ1v) is 9.33. The first kappa shape index (κ1) is 19.9. The molecule has 0 bridgehead atoms. The maximum Gasteiger partial charge on any atom is 0.331 e. The molecule has 0 atom stereocenters. The van der Waals surface area contributed by atoms with E-state index >= 15 is 0 Å². The first-order chi connectivity index (χ1) is 13.6. The van der Waals surface area contributed by atoms with Crippen LogP contribution >= 0.6 is 11.8 Å². The average molecular weight is 404 g/mol. The lowest BCUT2D eigenvalue weighted by molar-refractivity contribution is -0.135. The van der Waals surface area contributed by atoms with Crippen molar-refractivity contribution >= 4 is 40.7 Å². The summed E-state index contributed by atoms with van der Waals surface area (Å²) in [5.41, 5.74) is 1.81. The average Bonchev–Trinajstić information content (AvgIpc) is 3.07. The van der Waals surface area contributed by atoms with Crippen molar-refractivity contribution in [2.75, 3.05) is 45.4 Å². The fraction of sp³-hybridized carbons (Fsp3) is 0.333. The van der Waals surface area contributed by atoms with Crippen LogP contribution in [0, 0.1) is 0 Å². The SMILES string of the molecule is COC(=O)/C=C1/S/C(=N\N=Cc2ccc(N3CCOCC3)cc2OC)NC1=O. The van der Waals surface area contributed by atoms with Crippen LogP contribution in [0.1, 0.15) is 5.56 Å². The van der Waals surface area contributed by atoms with Crippen LogP contribution in [0.5, 0.6) is 5.75 Å². The lowest BCUT2D eigenvalue weighted by Gasteiger charge is -2.29. The van der Waals surface area contributed by atoms with Crippen molar-refractivity contribution in [2.24, 2.45) is 10.2 Å². The number of hydrogen-bond acceptors (Lipinski definition) is 9. The van der Waals surface area contributed by atoms with Crippen LogP contribution in [0.4, 0.5) is 5.69 Å². The van der Waals surface area contributed by atoms with Crippen molar-refractivity contribution in [2.45, 2.75) is 0 Å². The molecule has 2 heterocycles. The van der Waals surface area contributed by atoms with E-state index in [9.17, 15) is 9.59 Å². The molecule has 148 valence electrons. The Balaban J connectivity index is 1.70. The highest BCUT2D eigenvalue weighted by molar-refractivity contribution is 8.18. The van der Waals surface area contributed by atoms with Crippen molar-refractivity contribution in [1.29, 1.82) is 0 Å². The molecule has 1 N–H and O–H groups in total. The third-order valence-electron chi connectivity index (χ3n) is 4.04. The monoisotopic (exact) mass is 404 g/mol. The van der Waals surface area contributed by atoms with Gasteiger partial charge < -0.3 is 19.1 Å². The molecule has 28 heavy (non-hydrogen) atoms. The quantitative estimate of drug-likeness (QED) is 0.340. The number of nitrogens with zero attached hydrogens (tertiary/aromatic N) is 3. The Morgan fingerprint density at radius 3 is 2.82 bits per heavy atom. The third kappa shape index (κ3) is 4.90. The fourth-order valence-corrected chi connectivity index (χ4v) is 3.35. The standard InChI is InChI=1S/C18H20N4O5S/c1-25-14-9-13(22-5-7-27-8-6-22)4-3-12(14)11-19-21-18-20-17(24)15(28-18)10-16(23)26-2/h3-4,9-11H,5-8H2,1-2H3,(H,20,21,24)/b15-10+,19-11?. The number of thioether (sulfide) groups is 1. The maximum atomic E-state index is 11.8. The molecule has 3 rings (SSSR count). The highest BCUT2D eigenvalue weighted by atomic mass is 32.2. The third-order valence-corrected chi connectivity index (χ3v) is 4.94. The van der Waals surface area contributed by atoms with E-state index in [1.165, 1.54) is 7.11 Å². The van der Waals surface area contributed by atoms with Gasteiger partial charge in [-0.05, 0) is 23.9 Å². The van der Waals surface area contributed by atoms with Crippen molar-refractivity contribution in [3.05, 3.63) is 34.7 Å². The molecule has 0 saturated carbocycles. The van der Waals surface area contributed by atoms with Gasteiger partial charge in [0.25, 0.3) is 5.91 Å². The maximum absolute atomic E-state index is 11.8. The molecule has 1 amide bonds. The van der Waals surface area contributed by atoms with Gasteiger partial charge in [-0.25, -0.2) is 4.79 Å². The molecular weight excluding hydrogens is 384 g/mol. The van der Waals surface area contributed by atoms with Gasteiger partial charge in [0, 0.05) is 36.5 Å². The number of benzene rings is 1. The number of methoxy groups -OCH3 is 2. The lowest BCUT2D eigenvalue weighted by atomic mass is 10.1. The van der Waals surface area contributed by atoms with Gasteiger partial charge in [0.2, 0.25) is 0 Å². The Bertz CT molecular complexity index is 846. The van der Waals surface area contributed by atoms with Gasteiger partial charge in [-0.3, -0.25) is 10.1 Å². The second kappa shape index (κ2) is 9.38. The number of amidine groups is 1. The minimum absolute atomic E-state index is 0.202. The topological polar surface area (TPSA) is 102 Å². The Morgan fingerprint density at radius 2 is 2.11 bits per heavy atom. The van der Waals surface area contributed by atoms with Gasteiger partial charge in [-0.2, -0.15) is 5.10 Å². The van der Waals surface area contributed by atoms with Crippen LogP contribution in [-0.2, 0) is 19.1 Å². The van der Waals surface area contributed by atoms with Gasteiger partial charge in [-0.1, -0.05) is 0 Å². The van der Waals surface area contributed by atoms with Crippen LogP contribution in [0.2, 0.25) is 0 Å². The van der Waals surface area contributed by atoms with Crippen molar-refractivity contribution in [1.82, 2.24) is 5.32 Å². The van der Waals surface area contributed by atoms with E-state index in [2.05, 4.69) is 25.2 Å². The number of anilines is 1. The summed E-state index contributed by atoms with van der Waals surface area (Å²) in [7, 11) is 2.84. The van der Waals surface area contributed by atoms with Crippen LogP contribution in [-0.4, -0.2) is 63.8 Å². The molecule has 9 nitrogen and oxygen atoms in total. The Labute approximate surface area is 166 Å². The molecule has 10 heteroatoms. The number of ether oxygens (including phenoxy) is 3. The zero-order chi connectivity index (χ0) is 19.9. The van der Waals surface area contributed by atoms with Crippen LogP contribution < -0.4 is 15.0 Å². The summed E-state index contributed by atoms with van der Waals surface area (Å²) in [6, 6.07) is 5.84. The van der Waals surface area contributed by atoms with Gasteiger partial charge >= 0.3 is 5.97 Å². The fourth-order valence-electron chi connectivity index (χ4n) is 2.61. The summed E-state index contributed by atoms with van der Waals surface area (Å²) < 4.78 is 15.3. The van der Waals surface area contributed by atoms with Crippen LogP contribution in [0.25, 0.3) is 0 Å². The summed E-state index contributed by atoms with van der Waals surface area (Å²) in [5, 5.41) is 10.8. The van der Waals surface area contributed by atoms with E-state index in [4.69, 9.17) is 9.47 Å². The van der Waals surface area contributed by atoms with Gasteiger partial charge in [0.15, 0.2) is 5.17 Å². The second-order valence-corrected chi connectivity index (χ2v) is 6.79. The molecule has 2 aliphatic heterocycles. The van der Waals surface area contributed by atoms with Crippen molar-refractivity contribution in [3.8, 4) is 5.75 Å². The largest absolute Gasteiger partial charge is 0.496 e.